The van der Waals surface area contributed by atoms with Crippen LogP contribution < -0.4 is 10.6 Å². The molecule has 0 bridgehead atoms. The highest BCUT2D eigenvalue weighted by molar-refractivity contribution is 5.95. The molecule has 0 aliphatic heterocycles. The Hall–Kier alpha value is -1.55. The number of benzene rings is 1. The van der Waals surface area contributed by atoms with Crippen LogP contribution in [-0.4, -0.2) is 44.5 Å². The molecule has 112 valence electrons. The second kappa shape index (κ2) is 7.29. The minimum atomic E-state index is -0.00342. The Morgan fingerprint density at radius 2 is 1.95 bits per heavy atom. The smallest absolute Gasteiger partial charge is 0.251 e. The normalized spacial score (nSPS) is 12.6. The third-order valence-electron chi connectivity index (χ3n) is 3.44. The van der Waals surface area contributed by atoms with E-state index < -0.39 is 0 Å². The largest absolute Gasteiger partial charge is 0.388 e. The average Bonchev–Trinajstić information content (AvgIpc) is 2.37. The fourth-order valence-electron chi connectivity index (χ4n) is 2.15. The van der Waals surface area contributed by atoms with Crippen molar-refractivity contribution in [3.8, 4) is 0 Å². The molecular formula is C16H27N3O. The lowest BCUT2D eigenvalue weighted by atomic mass is 10.0. The number of carbonyl (C=O) groups is 1. The van der Waals surface area contributed by atoms with Crippen molar-refractivity contribution in [1.29, 1.82) is 0 Å². The van der Waals surface area contributed by atoms with E-state index in [0.717, 1.165) is 17.8 Å². The van der Waals surface area contributed by atoms with Gasteiger partial charge in [0.1, 0.15) is 0 Å². The fourth-order valence-corrected chi connectivity index (χ4v) is 2.15. The molecule has 2 N–H and O–H groups in total. The van der Waals surface area contributed by atoms with Crippen LogP contribution in [0.2, 0.25) is 0 Å². The van der Waals surface area contributed by atoms with E-state index in [-0.39, 0.29) is 11.9 Å². The van der Waals surface area contributed by atoms with Gasteiger partial charge >= 0.3 is 0 Å². The van der Waals surface area contributed by atoms with E-state index in [1.807, 2.05) is 46.3 Å². The molecule has 1 aromatic rings. The van der Waals surface area contributed by atoms with Crippen LogP contribution in [-0.2, 0) is 0 Å². The van der Waals surface area contributed by atoms with Gasteiger partial charge in [0.25, 0.3) is 5.91 Å². The summed E-state index contributed by atoms with van der Waals surface area (Å²) in [5.41, 5.74) is 2.84. The van der Waals surface area contributed by atoms with Gasteiger partial charge in [0, 0.05) is 30.9 Å². The van der Waals surface area contributed by atoms with Crippen LogP contribution in [0.5, 0.6) is 0 Å². The van der Waals surface area contributed by atoms with E-state index in [1.165, 1.54) is 0 Å². The fraction of sp³-hybridized carbons (Fsp3) is 0.562. The van der Waals surface area contributed by atoms with Gasteiger partial charge in [-0.05, 0) is 50.7 Å². The maximum Gasteiger partial charge on any atom is 0.251 e. The molecular weight excluding hydrogens is 250 g/mol. The van der Waals surface area contributed by atoms with E-state index >= 15 is 0 Å². The van der Waals surface area contributed by atoms with Crippen molar-refractivity contribution in [3.05, 3.63) is 29.3 Å². The average molecular weight is 277 g/mol. The van der Waals surface area contributed by atoms with Gasteiger partial charge in [0.05, 0.1) is 0 Å². The number of likely N-dealkylation sites (N-methyl/N-ethyl adjacent to an activating group) is 1. The van der Waals surface area contributed by atoms with Crippen LogP contribution in [0.15, 0.2) is 18.2 Å². The maximum absolute atomic E-state index is 12.3. The molecule has 4 heteroatoms. The molecule has 0 aliphatic carbocycles. The molecule has 0 radical (unpaired) electrons. The third-order valence-corrected chi connectivity index (χ3v) is 3.44. The molecule has 1 rings (SSSR count). The Morgan fingerprint density at radius 3 is 2.40 bits per heavy atom. The minimum absolute atomic E-state index is 0.00342. The zero-order valence-electron chi connectivity index (χ0n) is 13.4. The minimum Gasteiger partial charge on any atom is -0.388 e. The van der Waals surface area contributed by atoms with Crippen molar-refractivity contribution >= 4 is 11.6 Å². The van der Waals surface area contributed by atoms with Crippen molar-refractivity contribution < 1.29 is 4.79 Å². The molecule has 1 atom stereocenters. The third kappa shape index (κ3) is 4.53. The number of hydrogen-bond acceptors (Lipinski definition) is 3. The van der Waals surface area contributed by atoms with Crippen molar-refractivity contribution in [3.63, 3.8) is 0 Å². The number of nitrogens with zero attached hydrogens (tertiary/aromatic N) is 1. The molecule has 0 spiro atoms. The van der Waals surface area contributed by atoms with Crippen LogP contribution >= 0.6 is 0 Å². The van der Waals surface area contributed by atoms with Gasteiger partial charge in [-0.25, -0.2) is 0 Å². The Morgan fingerprint density at radius 1 is 1.30 bits per heavy atom. The predicted octanol–water partition coefficient (Wildman–Crippen LogP) is 2.35. The summed E-state index contributed by atoms with van der Waals surface area (Å²) in [6.07, 6.45) is 0. The van der Waals surface area contributed by atoms with Gasteiger partial charge in [0.15, 0.2) is 0 Å². The van der Waals surface area contributed by atoms with E-state index in [1.54, 1.807) is 0 Å². The van der Waals surface area contributed by atoms with E-state index in [2.05, 4.69) is 29.4 Å². The molecule has 1 amide bonds. The zero-order chi connectivity index (χ0) is 15.3. The number of nitrogens with one attached hydrogen (secondary N) is 2. The van der Waals surface area contributed by atoms with E-state index in [4.69, 9.17) is 0 Å². The van der Waals surface area contributed by atoms with Gasteiger partial charge in [-0.15, -0.1) is 0 Å². The SMILES string of the molecule is CNc1ccc(C(=O)NC(CN(C)C)C(C)C)cc1C. The summed E-state index contributed by atoms with van der Waals surface area (Å²) < 4.78 is 0. The molecule has 0 heterocycles. The van der Waals surface area contributed by atoms with Crippen molar-refractivity contribution in [2.24, 2.45) is 5.92 Å². The number of carbonyl (C=O) groups excluding carboxylic acids is 1. The monoisotopic (exact) mass is 277 g/mol. The summed E-state index contributed by atoms with van der Waals surface area (Å²) >= 11 is 0. The van der Waals surface area contributed by atoms with Gasteiger partial charge < -0.3 is 15.5 Å². The lowest BCUT2D eigenvalue weighted by Gasteiger charge is -2.25. The molecule has 0 aliphatic rings. The first kappa shape index (κ1) is 16.5. The van der Waals surface area contributed by atoms with Crippen LogP contribution in [0, 0.1) is 12.8 Å². The maximum atomic E-state index is 12.3. The second-order valence-electron chi connectivity index (χ2n) is 5.87. The van der Waals surface area contributed by atoms with Gasteiger partial charge in [0.2, 0.25) is 0 Å². The zero-order valence-corrected chi connectivity index (χ0v) is 13.4. The highest BCUT2D eigenvalue weighted by Crippen LogP contribution is 2.16. The van der Waals surface area contributed by atoms with Gasteiger partial charge in [-0.3, -0.25) is 4.79 Å². The Kier molecular flexibility index (Phi) is 6.02. The summed E-state index contributed by atoms with van der Waals surface area (Å²) in [5, 5.41) is 6.24. The number of aryl methyl sites for hydroxylation is 1. The van der Waals surface area contributed by atoms with Gasteiger partial charge in [-0.2, -0.15) is 0 Å². The number of hydrogen-bond donors (Lipinski definition) is 2. The quantitative estimate of drug-likeness (QED) is 0.839. The van der Waals surface area contributed by atoms with Crippen molar-refractivity contribution in [1.82, 2.24) is 10.2 Å². The van der Waals surface area contributed by atoms with E-state index in [0.29, 0.717) is 11.5 Å². The molecule has 0 saturated carbocycles. The molecule has 0 saturated heterocycles. The highest BCUT2D eigenvalue weighted by Gasteiger charge is 2.18. The summed E-state index contributed by atoms with van der Waals surface area (Å²) in [6, 6.07) is 5.89. The summed E-state index contributed by atoms with van der Waals surface area (Å²) in [6.45, 7) is 7.10. The van der Waals surface area contributed by atoms with Crippen molar-refractivity contribution in [2.75, 3.05) is 33.0 Å². The molecule has 1 unspecified atom stereocenters. The predicted molar refractivity (Wildman–Crippen MR) is 85.4 cm³/mol. The van der Waals surface area contributed by atoms with Gasteiger partial charge in [-0.1, -0.05) is 13.8 Å². The number of anilines is 1. The lowest BCUT2D eigenvalue weighted by Crippen LogP contribution is -2.45. The first-order chi connectivity index (χ1) is 9.35. The van der Waals surface area contributed by atoms with E-state index in [9.17, 15) is 4.79 Å². The Balaban J connectivity index is 2.81. The Labute approximate surface area is 122 Å². The Bertz CT molecular complexity index is 455. The van der Waals surface area contributed by atoms with Crippen LogP contribution in [0.4, 0.5) is 5.69 Å². The number of amides is 1. The topological polar surface area (TPSA) is 44.4 Å². The summed E-state index contributed by atoms with van der Waals surface area (Å²) in [4.78, 5) is 14.4. The molecule has 0 aromatic heterocycles. The molecule has 4 nitrogen and oxygen atoms in total. The van der Waals surface area contributed by atoms with Crippen LogP contribution in [0.1, 0.15) is 29.8 Å². The lowest BCUT2D eigenvalue weighted by molar-refractivity contribution is 0.0916. The summed E-state index contributed by atoms with van der Waals surface area (Å²) in [5.74, 6) is 0.398. The highest BCUT2D eigenvalue weighted by atomic mass is 16.1. The molecule has 20 heavy (non-hydrogen) atoms. The molecule has 1 aromatic carbocycles. The number of rotatable bonds is 6. The molecule has 0 fully saturated rings. The second-order valence-corrected chi connectivity index (χ2v) is 5.87. The van der Waals surface area contributed by atoms with Crippen LogP contribution in [0.3, 0.4) is 0 Å². The van der Waals surface area contributed by atoms with Crippen molar-refractivity contribution in [2.45, 2.75) is 26.8 Å². The standard InChI is InChI=1S/C16H27N3O/c1-11(2)15(10-19(5)6)18-16(20)13-7-8-14(17-4)12(3)9-13/h7-9,11,15,17H,10H2,1-6H3,(H,18,20). The first-order valence-electron chi connectivity index (χ1n) is 7.09. The first-order valence-corrected chi connectivity index (χ1v) is 7.09. The summed E-state index contributed by atoms with van der Waals surface area (Å²) in [7, 11) is 5.93. The van der Waals surface area contributed by atoms with Crippen LogP contribution in [0.25, 0.3) is 0 Å².